The van der Waals surface area contributed by atoms with Gasteiger partial charge in [-0.05, 0) is 24.6 Å². The number of aromatic nitrogens is 3. The number of alkyl halides is 3. The summed E-state index contributed by atoms with van der Waals surface area (Å²) in [6.45, 7) is 4.08. The fourth-order valence-electron chi connectivity index (χ4n) is 3.21. The average Bonchev–Trinajstić information content (AvgIpc) is 3.19. The van der Waals surface area contributed by atoms with Gasteiger partial charge in [-0.15, -0.1) is 0 Å². The lowest BCUT2D eigenvalue weighted by Gasteiger charge is -2.28. The number of carbonyl (C=O) groups excluding carboxylic acids is 1. The largest absolute Gasteiger partial charge is 0.490 e. The molecule has 0 unspecified atom stereocenters. The van der Waals surface area contributed by atoms with Crippen molar-refractivity contribution >= 4 is 11.9 Å². The van der Waals surface area contributed by atoms with Crippen LogP contribution in [0.15, 0.2) is 55.0 Å². The van der Waals surface area contributed by atoms with Crippen LogP contribution in [0, 0.1) is 6.92 Å². The third-order valence-electron chi connectivity index (χ3n) is 4.89. The molecule has 10 heteroatoms. The molecule has 0 atom stereocenters. The highest BCUT2D eigenvalue weighted by Crippen LogP contribution is 2.23. The molecule has 1 N–H and O–H groups in total. The first kappa shape index (κ1) is 23.0. The summed E-state index contributed by atoms with van der Waals surface area (Å²) < 4.78 is 33.9. The van der Waals surface area contributed by atoms with E-state index in [-0.39, 0.29) is 5.91 Å². The predicted molar refractivity (Wildman–Crippen MR) is 109 cm³/mol. The molecule has 3 heterocycles. The Hall–Kier alpha value is -3.69. The number of halogens is 3. The van der Waals surface area contributed by atoms with Gasteiger partial charge in [0.1, 0.15) is 5.82 Å². The van der Waals surface area contributed by atoms with Gasteiger partial charge in [-0.2, -0.15) is 13.2 Å². The van der Waals surface area contributed by atoms with Crippen LogP contribution in [0.25, 0.3) is 11.3 Å². The van der Waals surface area contributed by atoms with E-state index in [1.54, 1.807) is 6.20 Å². The van der Waals surface area contributed by atoms with Crippen molar-refractivity contribution in [1.82, 2.24) is 19.4 Å². The Kier molecular flexibility index (Phi) is 6.92. The number of aliphatic carboxylic acids is 1. The highest BCUT2D eigenvalue weighted by Gasteiger charge is 2.38. The topological polar surface area (TPSA) is 88.3 Å². The number of carbonyl (C=O) groups is 2. The van der Waals surface area contributed by atoms with Crippen molar-refractivity contribution < 1.29 is 27.9 Å². The maximum atomic E-state index is 12.6. The number of nitrogens with zero attached hydrogens (tertiary/aromatic N) is 4. The zero-order valence-corrected chi connectivity index (χ0v) is 17.2. The summed E-state index contributed by atoms with van der Waals surface area (Å²) in [5.74, 6) is -1.67. The van der Waals surface area contributed by atoms with Crippen molar-refractivity contribution in [3.8, 4) is 11.3 Å². The summed E-state index contributed by atoms with van der Waals surface area (Å²) in [4.78, 5) is 32.1. The molecule has 0 radical (unpaired) electrons. The van der Waals surface area contributed by atoms with Crippen molar-refractivity contribution in [2.24, 2.45) is 0 Å². The fraction of sp³-hybridized carbons (Fsp3) is 0.273. The van der Waals surface area contributed by atoms with E-state index in [2.05, 4.69) is 21.5 Å². The van der Waals surface area contributed by atoms with Crippen LogP contribution in [0.5, 0.6) is 0 Å². The quantitative estimate of drug-likeness (QED) is 0.666. The molecular weight excluding hydrogens is 425 g/mol. The van der Waals surface area contributed by atoms with Crippen LogP contribution >= 0.6 is 0 Å². The minimum atomic E-state index is -5.08. The second-order valence-corrected chi connectivity index (χ2v) is 7.23. The van der Waals surface area contributed by atoms with Gasteiger partial charge in [0.2, 0.25) is 5.91 Å². The number of hydrogen-bond acceptors (Lipinski definition) is 4. The molecule has 1 aromatic carbocycles. The average molecular weight is 446 g/mol. The summed E-state index contributed by atoms with van der Waals surface area (Å²) in [6.07, 6.45) is 0.846. The fourth-order valence-corrected chi connectivity index (χ4v) is 3.21. The number of rotatable bonds is 3. The Labute approximate surface area is 182 Å². The molecule has 0 saturated heterocycles. The second kappa shape index (κ2) is 9.63. The van der Waals surface area contributed by atoms with Crippen LogP contribution < -0.4 is 0 Å². The second-order valence-electron chi connectivity index (χ2n) is 7.23. The molecule has 1 aliphatic heterocycles. The Bertz CT molecular complexity index is 1080. The van der Waals surface area contributed by atoms with E-state index in [4.69, 9.17) is 9.90 Å². The number of fused-ring (bicyclic) bond motifs is 1. The van der Waals surface area contributed by atoms with Crippen LogP contribution in [0.1, 0.15) is 17.0 Å². The molecule has 168 valence electrons. The van der Waals surface area contributed by atoms with Crippen molar-refractivity contribution in [3.63, 3.8) is 0 Å². The number of aryl methyl sites for hydroxylation is 1. The molecule has 1 aliphatic rings. The molecular formula is C22H21F3N4O3. The maximum absolute atomic E-state index is 12.6. The van der Waals surface area contributed by atoms with E-state index in [1.165, 1.54) is 5.56 Å². The van der Waals surface area contributed by atoms with E-state index < -0.39 is 12.1 Å². The molecule has 3 aromatic rings. The van der Waals surface area contributed by atoms with Gasteiger partial charge in [0.15, 0.2) is 0 Å². The van der Waals surface area contributed by atoms with Crippen LogP contribution in [0.4, 0.5) is 13.2 Å². The van der Waals surface area contributed by atoms with Gasteiger partial charge in [0.25, 0.3) is 0 Å². The maximum Gasteiger partial charge on any atom is 0.490 e. The molecule has 0 bridgehead atoms. The number of imidazole rings is 1. The molecule has 4 rings (SSSR count). The van der Waals surface area contributed by atoms with Gasteiger partial charge in [-0.1, -0.05) is 29.8 Å². The first-order valence-electron chi connectivity index (χ1n) is 9.73. The number of benzene rings is 1. The van der Waals surface area contributed by atoms with E-state index in [0.29, 0.717) is 19.5 Å². The Balaban J connectivity index is 0.000000360. The number of carboxylic acids is 1. The highest BCUT2D eigenvalue weighted by molar-refractivity contribution is 5.79. The first-order chi connectivity index (χ1) is 15.1. The summed E-state index contributed by atoms with van der Waals surface area (Å²) in [6, 6.07) is 12.1. The van der Waals surface area contributed by atoms with Crippen molar-refractivity contribution in [2.75, 3.05) is 6.54 Å². The van der Waals surface area contributed by atoms with Gasteiger partial charge in [0, 0.05) is 31.0 Å². The molecule has 2 aromatic heterocycles. The Morgan fingerprint density at radius 3 is 2.38 bits per heavy atom. The molecule has 1 amide bonds. The summed E-state index contributed by atoms with van der Waals surface area (Å²) in [5, 5.41) is 7.12. The molecule has 0 aliphatic carbocycles. The van der Waals surface area contributed by atoms with Gasteiger partial charge in [-0.3, -0.25) is 9.78 Å². The van der Waals surface area contributed by atoms with E-state index >= 15 is 0 Å². The Morgan fingerprint density at radius 2 is 1.78 bits per heavy atom. The van der Waals surface area contributed by atoms with Crippen LogP contribution in [0.3, 0.4) is 0 Å². The SMILES string of the molecule is Cc1ccc(CC(=O)N2CCn3c(-c4cccnc4)cnc3C2)cc1.O=C(O)C(F)(F)F. The minimum absolute atomic E-state index is 0.154. The van der Waals surface area contributed by atoms with E-state index in [9.17, 15) is 18.0 Å². The summed E-state index contributed by atoms with van der Waals surface area (Å²) >= 11 is 0. The molecule has 0 spiro atoms. The number of hydrogen-bond donors (Lipinski definition) is 1. The van der Waals surface area contributed by atoms with Crippen LogP contribution in [-0.4, -0.2) is 49.1 Å². The summed E-state index contributed by atoms with van der Waals surface area (Å²) in [5.41, 5.74) is 4.38. The molecule has 0 saturated carbocycles. The van der Waals surface area contributed by atoms with Crippen molar-refractivity contribution in [3.05, 3.63) is 71.9 Å². The standard InChI is InChI=1S/C20H20N4O.C2HF3O2/c1-15-4-6-16(7-5-15)11-20(25)23-9-10-24-18(13-22-19(24)14-23)17-3-2-8-21-12-17;3-2(4,5)1(6)7/h2-8,12-13H,9-11,14H2,1H3;(H,6,7). The lowest BCUT2D eigenvalue weighted by Crippen LogP contribution is -2.39. The van der Waals surface area contributed by atoms with E-state index in [0.717, 1.165) is 29.2 Å². The smallest absolute Gasteiger partial charge is 0.475 e. The van der Waals surface area contributed by atoms with Gasteiger partial charge in [-0.25, -0.2) is 9.78 Å². The third-order valence-corrected chi connectivity index (χ3v) is 4.89. The van der Waals surface area contributed by atoms with Crippen molar-refractivity contribution in [2.45, 2.75) is 32.6 Å². The normalized spacial score (nSPS) is 13.1. The monoisotopic (exact) mass is 446 g/mol. The lowest BCUT2D eigenvalue weighted by atomic mass is 10.1. The Morgan fingerprint density at radius 1 is 1.09 bits per heavy atom. The molecule has 0 fully saturated rings. The number of pyridine rings is 1. The van der Waals surface area contributed by atoms with Crippen LogP contribution in [-0.2, 0) is 29.1 Å². The number of amides is 1. The van der Waals surface area contributed by atoms with Gasteiger partial charge < -0.3 is 14.6 Å². The molecule has 32 heavy (non-hydrogen) atoms. The minimum Gasteiger partial charge on any atom is -0.475 e. The highest BCUT2D eigenvalue weighted by atomic mass is 19.4. The van der Waals surface area contributed by atoms with Crippen molar-refractivity contribution in [1.29, 1.82) is 0 Å². The lowest BCUT2D eigenvalue weighted by molar-refractivity contribution is -0.192. The third kappa shape index (κ3) is 5.71. The summed E-state index contributed by atoms with van der Waals surface area (Å²) in [7, 11) is 0. The number of carboxylic acid groups (broad SMARTS) is 1. The zero-order chi connectivity index (χ0) is 23.3. The van der Waals surface area contributed by atoms with Crippen LogP contribution in [0.2, 0.25) is 0 Å². The zero-order valence-electron chi connectivity index (χ0n) is 17.2. The van der Waals surface area contributed by atoms with Gasteiger partial charge in [0.05, 0.1) is 24.9 Å². The predicted octanol–water partition coefficient (Wildman–Crippen LogP) is 3.47. The van der Waals surface area contributed by atoms with Gasteiger partial charge >= 0.3 is 12.1 Å². The van der Waals surface area contributed by atoms with E-state index in [1.807, 2.05) is 53.7 Å². The first-order valence-corrected chi connectivity index (χ1v) is 9.73. The molecule has 7 nitrogen and oxygen atoms in total.